The zero-order valence-electron chi connectivity index (χ0n) is 9.05. The quantitative estimate of drug-likeness (QED) is 0.697. The van der Waals surface area contributed by atoms with Crippen molar-refractivity contribution in [1.82, 2.24) is 0 Å². The molecule has 0 aromatic heterocycles. The molecule has 0 heterocycles. The Labute approximate surface area is 84.1 Å². The Morgan fingerprint density at radius 3 is 2.43 bits per heavy atom. The van der Waals surface area contributed by atoms with Crippen LogP contribution in [0.2, 0.25) is 0 Å². The first-order valence-corrected chi connectivity index (χ1v) is 4.63. The van der Waals surface area contributed by atoms with E-state index < -0.39 is 5.60 Å². The van der Waals surface area contributed by atoms with Gasteiger partial charge in [-0.3, -0.25) is 4.79 Å². The molecule has 0 bridgehead atoms. The van der Waals surface area contributed by atoms with Crippen LogP contribution in [0.1, 0.15) is 27.7 Å². The Kier molecular flexibility index (Phi) is 2.54. The number of rotatable bonds is 3. The maximum atomic E-state index is 11.5. The van der Waals surface area contributed by atoms with E-state index >= 15 is 0 Å². The fraction of sp³-hybridized carbons (Fsp3) is 0.545. The molecule has 0 aromatic rings. The Balaban J connectivity index is 3.04. The van der Waals surface area contributed by atoms with Crippen molar-refractivity contribution in [2.45, 2.75) is 39.4 Å². The fourth-order valence-corrected chi connectivity index (χ4v) is 1.48. The summed E-state index contributed by atoms with van der Waals surface area (Å²) in [5.74, 6) is 0.0469. The highest BCUT2D eigenvalue weighted by molar-refractivity contribution is 6.13. The maximum Gasteiger partial charge on any atom is 0.206 e. The van der Waals surface area contributed by atoms with E-state index in [9.17, 15) is 9.90 Å². The Bertz CT molecular complexity index is 325. The lowest BCUT2D eigenvalue weighted by atomic mass is 9.74. The van der Waals surface area contributed by atoms with E-state index in [1.807, 2.05) is 13.8 Å². The molecule has 0 saturated heterocycles. The van der Waals surface area contributed by atoms with Crippen molar-refractivity contribution >= 4 is 5.78 Å². The van der Waals surface area contributed by atoms with E-state index in [0.717, 1.165) is 0 Å². The summed E-state index contributed by atoms with van der Waals surface area (Å²) in [5, 5.41) is 10.0. The molecule has 14 heavy (non-hydrogen) atoms. The third-order valence-corrected chi connectivity index (χ3v) is 2.31. The largest absolute Gasteiger partial charge is 0.491 e. The summed E-state index contributed by atoms with van der Waals surface area (Å²) in [6.07, 6.45) is -0.0566. The van der Waals surface area contributed by atoms with Crippen LogP contribution in [0.3, 0.4) is 0 Å². The van der Waals surface area contributed by atoms with Gasteiger partial charge in [0.05, 0.1) is 6.10 Å². The van der Waals surface area contributed by atoms with Crippen molar-refractivity contribution in [2.75, 3.05) is 0 Å². The van der Waals surface area contributed by atoms with E-state index in [0.29, 0.717) is 16.9 Å². The second-order valence-corrected chi connectivity index (χ2v) is 3.94. The number of Topliss-reactive ketones (excluding diaryl/α,β-unsaturated/α-hetero) is 1. The first kappa shape index (κ1) is 11.0. The number of ketones is 1. The van der Waals surface area contributed by atoms with Crippen LogP contribution in [0.4, 0.5) is 0 Å². The number of carbonyl (C=O) groups is 1. The monoisotopic (exact) mass is 196 g/mol. The third kappa shape index (κ3) is 1.28. The minimum absolute atomic E-state index is 0.0566. The van der Waals surface area contributed by atoms with E-state index in [4.69, 9.17) is 4.74 Å². The molecule has 1 aliphatic carbocycles. The lowest BCUT2D eigenvalue weighted by molar-refractivity contribution is -0.136. The van der Waals surface area contributed by atoms with E-state index in [1.165, 1.54) is 0 Å². The molecule has 0 saturated carbocycles. The summed E-state index contributed by atoms with van der Waals surface area (Å²) in [6, 6.07) is 0. The summed E-state index contributed by atoms with van der Waals surface area (Å²) < 4.78 is 5.39. The Hall–Kier alpha value is -1.09. The van der Waals surface area contributed by atoms with E-state index in [-0.39, 0.29) is 11.9 Å². The topological polar surface area (TPSA) is 46.5 Å². The van der Waals surface area contributed by atoms with Crippen molar-refractivity contribution in [2.24, 2.45) is 0 Å². The van der Waals surface area contributed by atoms with Crippen molar-refractivity contribution in [3.8, 4) is 0 Å². The van der Waals surface area contributed by atoms with Gasteiger partial charge in [-0.05, 0) is 33.3 Å². The standard InChI is InChI=1S/C11H16O3/c1-6(2)11(13)9(12)8(5)10(11)14-7(3)4/h7,13H,1H2,2-5H3. The third-order valence-electron chi connectivity index (χ3n) is 2.31. The van der Waals surface area contributed by atoms with E-state index in [2.05, 4.69) is 6.58 Å². The molecule has 1 atom stereocenters. The van der Waals surface area contributed by atoms with Crippen LogP contribution in [-0.4, -0.2) is 22.6 Å². The predicted molar refractivity (Wildman–Crippen MR) is 53.7 cm³/mol. The normalized spacial score (nSPS) is 26.6. The molecule has 3 heteroatoms. The maximum absolute atomic E-state index is 11.5. The highest BCUT2D eigenvalue weighted by Crippen LogP contribution is 2.40. The van der Waals surface area contributed by atoms with Gasteiger partial charge in [-0.2, -0.15) is 0 Å². The number of hydrogen-bond donors (Lipinski definition) is 1. The molecular weight excluding hydrogens is 180 g/mol. The van der Waals surface area contributed by atoms with Gasteiger partial charge in [0, 0.05) is 5.57 Å². The second kappa shape index (κ2) is 3.24. The van der Waals surface area contributed by atoms with Gasteiger partial charge < -0.3 is 9.84 Å². The SMILES string of the molecule is C=C(C)C1(O)C(=O)C(C)=C1OC(C)C. The zero-order valence-corrected chi connectivity index (χ0v) is 9.05. The summed E-state index contributed by atoms with van der Waals surface area (Å²) >= 11 is 0. The van der Waals surface area contributed by atoms with Gasteiger partial charge in [0.25, 0.3) is 0 Å². The molecule has 1 aliphatic rings. The lowest BCUT2D eigenvalue weighted by Crippen LogP contribution is -2.52. The summed E-state index contributed by atoms with van der Waals surface area (Å²) in [5.41, 5.74) is -0.679. The number of hydrogen-bond acceptors (Lipinski definition) is 3. The molecule has 0 amide bonds. The molecular formula is C11H16O3. The second-order valence-electron chi connectivity index (χ2n) is 3.94. The van der Waals surface area contributed by atoms with Gasteiger partial charge in [-0.25, -0.2) is 0 Å². The molecule has 0 radical (unpaired) electrons. The smallest absolute Gasteiger partial charge is 0.206 e. The van der Waals surface area contributed by atoms with Gasteiger partial charge in [-0.1, -0.05) is 6.58 Å². The minimum Gasteiger partial charge on any atom is -0.491 e. The van der Waals surface area contributed by atoms with Crippen LogP contribution in [0.5, 0.6) is 0 Å². The molecule has 0 aromatic carbocycles. The first-order chi connectivity index (χ1) is 6.31. The molecule has 1 N–H and O–H groups in total. The average Bonchev–Trinajstić information content (AvgIpc) is 2.11. The minimum atomic E-state index is -1.58. The van der Waals surface area contributed by atoms with Gasteiger partial charge in [0.15, 0.2) is 0 Å². The number of carbonyl (C=O) groups excluding carboxylic acids is 1. The van der Waals surface area contributed by atoms with Gasteiger partial charge in [0.1, 0.15) is 5.76 Å². The van der Waals surface area contributed by atoms with Crippen molar-refractivity contribution in [3.05, 3.63) is 23.5 Å². The van der Waals surface area contributed by atoms with Crippen LogP contribution in [0, 0.1) is 0 Å². The van der Waals surface area contributed by atoms with Gasteiger partial charge in [-0.15, -0.1) is 0 Å². The molecule has 1 unspecified atom stereocenters. The average molecular weight is 196 g/mol. The fourth-order valence-electron chi connectivity index (χ4n) is 1.48. The zero-order chi connectivity index (χ0) is 11.1. The van der Waals surface area contributed by atoms with Gasteiger partial charge >= 0.3 is 0 Å². The van der Waals surface area contributed by atoms with Crippen molar-refractivity contribution < 1.29 is 14.6 Å². The van der Waals surface area contributed by atoms with Crippen LogP contribution >= 0.6 is 0 Å². The van der Waals surface area contributed by atoms with Crippen LogP contribution < -0.4 is 0 Å². The molecule has 1 rings (SSSR count). The summed E-state index contributed by atoms with van der Waals surface area (Å²) in [4.78, 5) is 11.5. The highest BCUT2D eigenvalue weighted by atomic mass is 16.5. The predicted octanol–water partition coefficient (Wildman–Crippen LogP) is 1.58. The van der Waals surface area contributed by atoms with Crippen LogP contribution in [0.25, 0.3) is 0 Å². The van der Waals surface area contributed by atoms with Crippen LogP contribution in [0.15, 0.2) is 23.5 Å². The molecule has 0 fully saturated rings. The van der Waals surface area contributed by atoms with Crippen LogP contribution in [-0.2, 0) is 9.53 Å². The van der Waals surface area contributed by atoms with Crippen molar-refractivity contribution in [3.63, 3.8) is 0 Å². The summed E-state index contributed by atoms with van der Waals surface area (Å²) in [6.45, 7) is 10.6. The Morgan fingerprint density at radius 2 is 2.07 bits per heavy atom. The van der Waals surface area contributed by atoms with Gasteiger partial charge in [0.2, 0.25) is 11.4 Å². The lowest BCUT2D eigenvalue weighted by Gasteiger charge is -2.39. The Morgan fingerprint density at radius 1 is 1.57 bits per heavy atom. The molecule has 3 nitrogen and oxygen atoms in total. The summed E-state index contributed by atoms with van der Waals surface area (Å²) in [7, 11) is 0. The molecule has 0 aliphatic heterocycles. The number of ether oxygens (including phenoxy) is 1. The van der Waals surface area contributed by atoms with E-state index in [1.54, 1.807) is 13.8 Å². The molecule has 0 spiro atoms. The molecule has 78 valence electrons. The number of aliphatic hydroxyl groups is 1. The van der Waals surface area contributed by atoms with Crippen molar-refractivity contribution in [1.29, 1.82) is 0 Å². The highest BCUT2D eigenvalue weighted by Gasteiger charge is 2.53. The first-order valence-electron chi connectivity index (χ1n) is 4.63.